The Morgan fingerprint density at radius 3 is 2.31 bits per heavy atom. The summed E-state index contributed by atoms with van der Waals surface area (Å²) in [5.74, 6) is -0.314. The number of hydrogen-bond acceptors (Lipinski definition) is 4. The summed E-state index contributed by atoms with van der Waals surface area (Å²) in [4.78, 5) is 30.6. The van der Waals surface area contributed by atoms with Crippen molar-refractivity contribution in [3.05, 3.63) is 64.0 Å². The van der Waals surface area contributed by atoms with E-state index in [0.29, 0.717) is 24.4 Å². The number of carbonyl (C=O) groups is 2. The number of likely N-dealkylation sites (N-methyl/N-ethyl adjacent to an activating group) is 1. The van der Waals surface area contributed by atoms with E-state index in [1.165, 1.54) is 35.5 Å². The molecular formula is C24H30N2O2S. The van der Waals surface area contributed by atoms with Crippen molar-refractivity contribution in [2.75, 3.05) is 13.6 Å². The van der Waals surface area contributed by atoms with Crippen LogP contribution in [0.3, 0.4) is 0 Å². The van der Waals surface area contributed by atoms with Crippen LogP contribution in [0.15, 0.2) is 53.5 Å². The topological polar surface area (TPSA) is 40.6 Å². The molecule has 1 aliphatic heterocycles. The second-order valence-corrected chi connectivity index (χ2v) is 8.52. The van der Waals surface area contributed by atoms with Gasteiger partial charge >= 0.3 is 0 Å². The molecule has 2 aromatic rings. The van der Waals surface area contributed by atoms with Crippen LogP contribution in [0.1, 0.15) is 55.9 Å². The van der Waals surface area contributed by atoms with Crippen molar-refractivity contribution in [3.8, 4) is 0 Å². The number of imide groups is 1. The van der Waals surface area contributed by atoms with E-state index >= 15 is 0 Å². The van der Waals surface area contributed by atoms with Crippen LogP contribution in [0.4, 0.5) is 0 Å². The van der Waals surface area contributed by atoms with Crippen LogP contribution < -0.4 is 0 Å². The first-order chi connectivity index (χ1) is 14.1. The van der Waals surface area contributed by atoms with Gasteiger partial charge < -0.3 is 4.90 Å². The molecule has 0 fully saturated rings. The molecular weight excluding hydrogens is 380 g/mol. The van der Waals surface area contributed by atoms with Crippen LogP contribution >= 0.6 is 11.3 Å². The van der Waals surface area contributed by atoms with Crippen molar-refractivity contribution in [2.24, 2.45) is 0 Å². The van der Waals surface area contributed by atoms with E-state index in [1.807, 2.05) is 59.8 Å². The highest BCUT2D eigenvalue weighted by Crippen LogP contribution is 2.34. The van der Waals surface area contributed by atoms with Crippen LogP contribution in [-0.2, 0) is 16.1 Å². The molecule has 0 unspecified atom stereocenters. The summed E-state index contributed by atoms with van der Waals surface area (Å²) in [7, 11) is 1.90. The maximum absolute atomic E-state index is 13.2. The Morgan fingerprint density at radius 1 is 0.897 bits per heavy atom. The highest BCUT2D eigenvalue weighted by molar-refractivity contribution is 7.11. The van der Waals surface area contributed by atoms with Crippen LogP contribution in [0.2, 0.25) is 0 Å². The Balaban J connectivity index is 1.75. The largest absolute Gasteiger partial charge is 0.365 e. The van der Waals surface area contributed by atoms with Crippen molar-refractivity contribution >= 4 is 28.7 Å². The molecule has 1 aromatic heterocycles. The monoisotopic (exact) mass is 410 g/mol. The van der Waals surface area contributed by atoms with Crippen LogP contribution in [0.5, 0.6) is 0 Å². The van der Waals surface area contributed by atoms with Gasteiger partial charge in [-0.1, -0.05) is 75.4 Å². The predicted octanol–water partition coefficient (Wildman–Crippen LogP) is 5.32. The van der Waals surface area contributed by atoms with Gasteiger partial charge in [0.1, 0.15) is 5.70 Å². The minimum absolute atomic E-state index is 0.152. The minimum atomic E-state index is -0.162. The lowest BCUT2D eigenvalue weighted by Gasteiger charge is -2.21. The lowest BCUT2D eigenvalue weighted by molar-refractivity contribution is -0.137. The Kier molecular flexibility index (Phi) is 7.64. The van der Waals surface area contributed by atoms with E-state index in [0.717, 1.165) is 29.7 Å². The van der Waals surface area contributed by atoms with Gasteiger partial charge in [0.15, 0.2) is 0 Å². The summed E-state index contributed by atoms with van der Waals surface area (Å²) in [6, 6.07) is 13.9. The first kappa shape index (κ1) is 21.3. The average molecular weight is 411 g/mol. The van der Waals surface area contributed by atoms with E-state index in [-0.39, 0.29) is 11.8 Å². The molecule has 0 saturated heterocycles. The molecule has 29 heavy (non-hydrogen) atoms. The first-order valence-electron chi connectivity index (χ1n) is 10.5. The molecule has 4 nitrogen and oxygen atoms in total. The van der Waals surface area contributed by atoms with E-state index in [2.05, 4.69) is 6.92 Å². The molecule has 0 radical (unpaired) electrons. The number of benzene rings is 1. The molecule has 0 bridgehead atoms. The summed E-state index contributed by atoms with van der Waals surface area (Å²) in [5, 5.41) is 1.95. The van der Waals surface area contributed by atoms with Gasteiger partial charge in [-0.05, 0) is 23.4 Å². The van der Waals surface area contributed by atoms with E-state index in [1.54, 1.807) is 0 Å². The molecule has 0 atom stereocenters. The zero-order valence-electron chi connectivity index (χ0n) is 17.4. The highest BCUT2D eigenvalue weighted by Gasteiger charge is 2.40. The van der Waals surface area contributed by atoms with Gasteiger partial charge in [0.05, 0.1) is 5.57 Å². The van der Waals surface area contributed by atoms with Gasteiger partial charge in [-0.15, -0.1) is 11.3 Å². The summed E-state index contributed by atoms with van der Waals surface area (Å²) < 4.78 is 0. The van der Waals surface area contributed by atoms with Crippen molar-refractivity contribution < 1.29 is 9.59 Å². The molecule has 0 saturated carbocycles. The minimum Gasteiger partial charge on any atom is -0.365 e. The van der Waals surface area contributed by atoms with Crippen LogP contribution in [-0.4, -0.2) is 35.2 Å². The van der Waals surface area contributed by atoms with Gasteiger partial charge in [-0.3, -0.25) is 14.5 Å². The maximum atomic E-state index is 13.2. The van der Waals surface area contributed by atoms with Gasteiger partial charge in [0, 0.05) is 25.0 Å². The number of carbonyl (C=O) groups excluding carboxylic acids is 2. The molecule has 0 N–H and O–H groups in total. The zero-order valence-corrected chi connectivity index (χ0v) is 18.2. The van der Waals surface area contributed by atoms with Crippen molar-refractivity contribution in [3.63, 3.8) is 0 Å². The fourth-order valence-electron chi connectivity index (χ4n) is 3.75. The summed E-state index contributed by atoms with van der Waals surface area (Å²) in [6.45, 7) is 3.29. The second-order valence-electron chi connectivity index (χ2n) is 7.57. The first-order valence-corrected chi connectivity index (χ1v) is 11.4. The number of nitrogens with zero attached hydrogens (tertiary/aromatic N) is 2. The smallest absolute Gasteiger partial charge is 0.277 e. The number of thiophene rings is 1. The second kappa shape index (κ2) is 10.4. The zero-order chi connectivity index (χ0) is 20.6. The molecule has 3 rings (SSSR count). The van der Waals surface area contributed by atoms with Gasteiger partial charge in [-0.2, -0.15) is 0 Å². The Hall–Kier alpha value is -2.40. The lowest BCUT2D eigenvalue weighted by Crippen LogP contribution is -2.34. The summed E-state index contributed by atoms with van der Waals surface area (Å²) in [6.07, 6.45) is 6.78. The van der Waals surface area contributed by atoms with Crippen molar-refractivity contribution in [2.45, 2.75) is 52.0 Å². The third-order valence-corrected chi connectivity index (χ3v) is 6.18. The maximum Gasteiger partial charge on any atom is 0.277 e. The van der Waals surface area contributed by atoms with Gasteiger partial charge in [0.2, 0.25) is 0 Å². The normalized spacial score (nSPS) is 14.2. The lowest BCUT2D eigenvalue weighted by atomic mass is 10.1. The van der Waals surface area contributed by atoms with Gasteiger partial charge in [-0.25, -0.2) is 0 Å². The molecule has 1 aliphatic rings. The third kappa shape index (κ3) is 5.15. The third-order valence-electron chi connectivity index (χ3n) is 5.29. The fraction of sp³-hybridized carbons (Fsp3) is 0.417. The van der Waals surface area contributed by atoms with Crippen LogP contribution in [0.25, 0.3) is 5.57 Å². The summed E-state index contributed by atoms with van der Waals surface area (Å²) in [5.41, 5.74) is 2.18. The number of unbranched alkanes of at least 4 members (excludes halogenated alkanes) is 5. The Morgan fingerprint density at radius 2 is 1.62 bits per heavy atom. The molecule has 2 heterocycles. The van der Waals surface area contributed by atoms with E-state index in [9.17, 15) is 9.59 Å². The SMILES string of the molecule is CCCCCCCCN1C(=O)C(c2cccs2)=C(N(C)Cc2ccccc2)C1=O. The fourth-order valence-corrected chi connectivity index (χ4v) is 4.51. The quantitative estimate of drug-likeness (QED) is 0.372. The molecule has 1 aromatic carbocycles. The summed E-state index contributed by atoms with van der Waals surface area (Å²) >= 11 is 1.51. The number of rotatable bonds is 11. The van der Waals surface area contributed by atoms with Crippen molar-refractivity contribution in [1.82, 2.24) is 9.80 Å². The standard InChI is InChI=1S/C24H30N2O2S/c1-3-4-5-6-7-11-16-26-23(27)21(20-15-12-17-29-20)22(24(26)28)25(2)18-19-13-9-8-10-14-19/h8-10,12-15,17H,3-7,11,16,18H2,1-2H3. The van der Waals surface area contributed by atoms with Gasteiger partial charge in [0.25, 0.3) is 11.8 Å². The number of hydrogen-bond donors (Lipinski definition) is 0. The van der Waals surface area contributed by atoms with E-state index in [4.69, 9.17) is 0 Å². The molecule has 154 valence electrons. The highest BCUT2D eigenvalue weighted by atomic mass is 32.1. The predicted molar refractivity (Wildman–Crippen MR) is 119 cm³/mol. The Labute approximate surface area is 177 Å². The molecule has 0 aliphatic carbocycles. The Bertz CT molecular complexity index is 843. The molecule has 0 spiro atoms. The van der Waals surface area contributed by atoms with Crippen molar-refractivity contribution in [1.29, 1.82) is 0 Å². The molecule has 5 heteroatoms. The van der Waals surface area contributed by atoms with E-state index < -0.39 is 0 Å². The number of amides is 2. The molecule has 2 amide bonds. The van der Waals surface area contributed by atoms with Crippen LogP contribution in [0, 0.1) is 0 Å². The average Bonchev–Trinajstić information content (AvgIpc) is 3.33.